The highest BCUT2D eigenvalue weighted by molar-refractivity contribution is 9.09. The van der Waals surface area contributed by atoms with Gasteiger partial charge in [0, 0.05) is 51.2 Å². The fraction of sp³-hybridized carbons (Fsp3) is 0.263. The summed E-state index contributed by atoms with van der Waals surface area (Å²) in [5.74, 6) is 0.294. The van der Waals surface area contributed by atoms with E-state index >= 15 is 0 Å². The summed E-state index contributed by atoms with van der Waals surface area (Å²) < 4.78 is 2.27. The van der Waals surface area contributed by atoms with Gasteiger partial charge in [0.25, 0.3) is 0 Å². The van der Waals surface area contributed by atoms with E-state index < -0.39 is 0 Å². The summed E-state index contributed by atoms with van der Waals surface area (Å²) in [5.41, 5.74) is 4.98. The molecular weight excluding hydrogens is 354 g/mol. The van der Waals surface area contributed by atoms with Gasteiger partial charge in [-0.25, -0.2) is 0 Å². The quantitative estimate of drug-likeness (QED) is 0.502. The Kier molecular flexibility index (Phi) is 3.38. The topological polar surface area (TPSA) is 39.1 Å². The van der Waals surface area contributed by atoms with Gasteiger partial charge in [0.05, 0.1) is 0 Å². The van der Waals surface area contributed by atoms with Crippen molar-refractivity contribution in [1.29, 1.82) is 0 Å². The van der Waals surface area contributed by atoms with Crippen molar-refractivity contribution in [2.45, 2.75) is 26.3 Å². The van der Waals surface area contributed by atoms with E-state index in [9.17, 15) is 9.59 Å². The number of halogens is 1. The van der Waals surface area contributed by atoms with Gasteiger partial charge >= 0.3 is 0 Å². The van der Waals surface area contributed by atoms with Gasteiger partial charge in [-0.1, -0.05) is 15.9 Å². The molecule has 0 unspecified atom stereocenters. The molecule has 3 aromatic rings. The number of hydrogen-bond donors (Lipinski definition) is 0. The number of aromatic nitrogens is 1. The summed E-state index contributed by atoms with van der Waals surface area (Å²) in [6.07, 6.45) is 1.38. The highest BCUT2D eigenvalue weighted by atomic mass is 79.9. The second-order valence-corrected chi connectivity index (χ2v) is 6.83. The Hall–Kier alpha value is -1.94. The van der Waals surface area contributed by atoms with Crippen LogP contribution >= 0.6 is 15.9 Å². The van der Waals surface area contributed by atoms with Crippen LogP contribution in [-0.4, -0.2) is 21.5 Å². The number of Topliss-reactive ketones (excluding diaryl/α,β-unsaturated/α-hetero) is 2. The molecule has 116 valence electrons. The fourth-order valence-electron chi connectivity index (χ4n) is 3.70. The Morgan fingerprint density at radius 1 is 1.17 bits per heavy atom. The summed E-state index contributed by atoms with van der Waals surface area (Å²) in [6, 6.07) is 9.90. The second-order valence-electron chi connectivity index (χ2n) is 6.04. The number of carbonyl (C=O) groups excluding carboxylic acids is 2. The van der Waals surface area contributed by atoms with Crippen molar-refractivity contribution in [1.82, 2.24) is 4.57 Å². The predicted molar refractivity (Wildman–Crippen MR) is 95.9 cm³/mol. The molecule has 0 amide bonds. The maximum atomic E-state index is 12.1. The van der Waals surface area contributed by atoms with Crippen molar-refractivity contribution in [2.24, 2.45) is 0 Å². The van der Waals surface area contributed by atoms with Gasteiger partial charge in [-0.2, -0.15) is 0 Å². The van der Waals surface area contributed by atoms with Crippen molar-refractivity contribution in [3.63, 3.8) is 0 Å². The third-order valence-corrected chi connectivity index (χ3v) is 5.11. The van der Waals surface area contributed by atoms with E-state index in [1.54, 1.807) is 6.92 Å². The highest BCUT2D eigenvalue weighted by Gasteiger charge is 2.24. The molecule has 4 rings (SSSR count). The predicted octanol–water partition coefficient (Wildman–Crippen LogP) is 4.52. The van der Waals surface area contributed by atoms with E-state index in [-0.39, 0.29) is 11.6 Å². The molecule has 0 saturated heterocycles. The third-order valence-electron chi connectivity index (χ3n) is 4.76. The number of aryl methyl sites for hydroxylation is 2. The summed E-state index contributed by atoms with van der Waals surface area (Å²) in [6.45, 7) is 2.44. The summed E-state index contributed by atoms with van der Waals surface area (Å²) >= 11 is 3.52. The van der Waals surface area contributed by atoms with Crippen LogP contribution in [0, 0.1) is 0 Å². The number of carbonyl (C=O) groups is 2. The number of benzene rings is 2. The summed E-state index contributed by atoms with van der Waals surface area (Å²) in [7, 11) is 0. The lowest BCUT2D eigenvalue weighted by atomic mass is 10.0. The van der Waals surface area contributed by atoms with Gasteiger partial charge in [-0.05, 0) is 49.2 Å². The van der Waals surface area contributed by atoms with Crippen molar-refractivity contribution >= 4 is 49.3 Å². The molecule has 1 aromatic heterocycles. The minimum absolute atomic E-state index is 0.0666. The fourth-order valence-corrected chi connectivity index (χ4v) is 4.06. The molecule has 2 aromatic carbocycles. The second kappa shape index (κ2) is 5.31. The monoisotopic (exact) mass is 369 g/mol. The van der Waals surface area contributed by atoms with Gasteiger partial charge in [0.1, 0.15) is 0 Å². The van der Waals surface area contributed by atoms with Crippen molar-refractivity contribution in [2.75, 3.05) is 5.33 Å². The Morgan fingerprint density at radius 3 is 2.70 bits per heavy atom. The van der Waals surface area contributed by atoms with Crippen LogP contribution in [0.1, 0.15) is 39.6 Å². The highest BCUT2D eigenvalue weighted by Crippen LogP contribution is 2.37. The zero-order valence-corrected chi connectivity index (χ0v) is 14.4. The van der Waals surface area contributed by atoms with Crippen LogP contribution in [0.25, 0.3) is 21.8 Å². The first kappa shape index (κ1) is 14.6. The number of alkyl halides is 1. The molecule has 0 saturated carbocycles. The molecule has 4 heteroatoms. The molecule has 0 fully saturated rings. The number of ketones is 2. The Bertz CT molecular complexity index is 984. The van der Waals surface area contributed by atoms with Gasteiger partial charge in [-0.15, -0.1) is 0 Å². The van der Waals surface area contributed by atoms with Crippen LogP contribution in [0.4, 0.5) is 0 Å². The zero-order chi connectivity index (χ0) is 16.1. The van der Waals surface area contributed by atoms with Gasteiger partial charge in [0.2, 0.25) is 0 Å². The number of fused-ring (bicyclic) bond motifs is 5. The van der Waals surface area contributed by atoms with Gasteiger partial charge in [-0.3, -0.25) is 9.59 Å². The maximum Gasteiger partial charge on any atom is 0.163 e. The van der Waals surface area contributed by atoms with E-state index in [1.165, 1.54) is 0 Å². The van der Waals surface area contributed by atoms with E-state index in [2.05, 4.69) is 20.5 Å². The molecule has 1 aliphatic carbocycles. The molecule has 0 N–H and O–H groups in total. The molecule has 0 aliphatic heterocycles. The largest absolute Gasteiger partial charge is 0.340 e. The molecule has 3 nitrogen and oxygen atoms in total. The summed E-state index contributed by atoms with van der Waals surface area (Å²) in [5, 5.41) is 3.09. The minimum atomic E-state index is 0.0666. The van der Waals surface area contributed by atoms with Crippen molar-refractivity contribution < 1.29 is 9.59 Å². The van der Waals surface area contributed by atoms with E-state index in [4.69, 9.17) is 0 Å². The SMILES string of the molecule is CC(=O)c1ccc2c(c1)c1c3c(ccc1n2CCBr)C(=O)CC3. The number of hydrogen-bond acceptors (Lipinski definition) is 2. The van der Waals surface area contributed by atoms with Crippen LogP contribution in [-0.2, 0) is 13.0 Å². The first-order valence-electron chi connectivity index (χ1n) is 7.79. The zero-order valence-electron chi connectivity index (χ0n) is 12.9. The molecule has 0 atom stereocenters. The van der Waals surface area contributed by atoms with Crippen LogP contribution in [0.5, 0.6) is 0 Å². The van der Waals surface area contributed by atoms with Crippen LogP contribution in [0.15, 0.2) is 30.3 Å². The van der Waals surface area contributed by atoms with Crippen LogP contribution in [0.3, 0.4) is 0 Å². The Morgan fingerprint density at radius 2 is 1.96 bits per heavy atom. The number of nitrogens with zero attached hydrogens (tertiary/aromatic N) is 1. The standard InChI is InChI=1S/C19H16BrNO2/c1-11(22)12-2-5-16-15(10-12)19-14-4-7-18(23)13(14)3-6-17(19)21(16)9-8-20/h2-3,5-6,10H,4,7-9H2,1H3. The Balaban J connectivity index is 2.17. The van der Waals surface area contributed by atoms with Crippen LogP contribution < -0.4 is 0 Å². The van der Waals surface area contributed by atoms with E-state index in [1.807, 2.05) is 30.3 Å². The number of rotatable bonds is 3. The summed E-state index contributed by atoms with van der Waals surface area (Å²) in [4.78, 5) is 23.9. The van der Waals surface area contributed by atoms with Crippen LogP contribution in [0.2, 0.25) is 0 Å². The average Bonchev–Trinajstić information content (AvgIpc) is 3.06. The lowest BCUT2D eigenvalue weighted by Crippen LogP contribution is -1.99. The van der Waals surface area contributed by atoms with E-state index in [0.29, 0.717) is 6.42 Å². The molecule has 0 radical (unpaired) electrons. The first-order valence-corrected chi connectivity index (χ1v) is 8.92. The van der Waals surface area contributed by atoms with E-state index in [0.717, 1.165) is 56.8 Å². The molecular formula is C19H16BrNO2. The molecule has 1 heterocycles. The Labute approximate surface area is 142 Å². The molecule has 0 spiro atoms. The van der Waals surface area contributed by atoms with Crippen molar-refractivity contribution in [3.05, 3.63) is 47.0 Å². The first-order chi connectivity index (χ1) is 11.1. The normalized spacial score (nSPS) is 13.9. The minimum Gasteiger partial charge on any atom is -0.340 e. The third kappa shape index (κ3) is 2.08. The van der Waals surface area contributed by atoms with Gasteiger partial charge in [0.15, 0.2) is 11.6 Å². The molecule has 1 aliphatic rings. The smallest absolute Gasteiger partial charge is 0.163 e. The molecule has 23 heavy (non-hydrogen) atoms. The van der Waals surface area contributed by atoms with Crippen molar-refractivity contribution in [3.8, 4) is 0 Å². The lowest BCUT2D eigenvalue weighted by Gasteiger charge is -2.05. The average molecular weight is 370 g/mol. The van der Waals surface area contributed by atoms with Gasteiger partial charge < -0.3 is 4.57 Å². The molecule has 0 bridgehead atoms. The lowest BCUT2D eigenvalue weighted by molar-refractivity contribution is 0.0991. The maximum absolute atomic E-state index is 12.1.